The van der Waals surface area contributed by atoms with E-state index in [0.29, 0.717) is 15.9 Å². The van der Waals surface area contributed by atoms with Crippen LogP contribution in [0.1, 0.15) is 11.1 Å². The summed E-state index contributed by atoms with van der Waals surface area (Å²) in [5, 5.41) is 19.3. The second-order valence-electron chi connectivity index (χ2n) is 5.59. The van der Waals surface area contributed by atoms with E-state index < -0.39 is 0 Å². The van der Waals surface area contributed by atoms with Gasteiger partial charge >= 0.3 is 147 Å². The number of rotatable bonds is 2. The van der Waals surface area contributed by atoms with Crippen LogP contribution in [0.4, 0.5) is 5.69 Å². The number of aromatic hydroxyl groups is 2. The molecule has 1 saturated heterocycles. The summed E-state index contributed by atoms with van der Waals surface area (Å²) >= 11 is 2.93. The van der Waals surface area contributed by atoms with Crippen LogP contribution in [0.25, 0.3) is 6.08 Å². The quantitative estimate of drug-likeness (QED) is 0.611. The molecule has 2 N–H and O–H groups in total. The van der Waals surface area contributed by atoms with Crippen molar-refractivity contribution < 1.29 is 15.0 Å². The van der Waals surface area contributed by atoms with Crippen molar-refractivity contribution in [2.45, 2.75) is 6.92 Å². The first-order chi connectivity index (χ1) is 11.4. The van der Waals surface area contributed by atoms with Crippen molar-refractivity contribution in [1.29, 1.82) is 0 Å². The fourth-order valence-corrected chi connectivity index (χ4v) is 3.08. The van der Waals surface area contributed by atoms with Gasteiger partial charge < -0.3 is 0 Å². The molecule has 0 bridgehead atoms. The van der Waals surface area contributed by atoms with Crippen LogP contribution in [0.2, 0.25) is 0 Å². The molecule has 0 radical (unpaired) electrons. The van der Waals surface area contributed by atoms with E-state index in [2.05, 4.69) is 15.6 Å². The molecular formula is C18H16N2O3Se. The number of carbonyl (C=O) groups excluding carboxylic acids is 1. The van der Waals surface area contributed by atoms with Crippen LogP contribution in [0.15, 0.2) is 48.2 Å². The molecule has 6 heteroatoms. The second kappa shape index (κ2) is 6.15. The Morgan fingerprint density at radius 1 is 1.08 bits per heavy atom. The van der Waals surface area contributed by atoms with Crippen LogP contribution in [-0.2, 0) is 4.79 Å². The van der Waals surface area contributed by atoms with Crippen molar-refractivity contribution in [3.63, 3.8) is 0 Å². The van der Waals surface area contributed by atoms with Crippen LogP contribution >= 0.6 is 0 Å². The molecule has 1 heterocycles. The minimum atomic E-state index is -0.192. The average Bonchev–Trinajstić information content (AvgIpc) is 2.74. The Labute approximate surface area is 147 Å². The summed E-state index contributed by atoms with van der Waals surface area (Å²) < 4.78 is 0.661. The Morgan fingerprint density at radius 3 is 2.38 bits per heavy atom. The van der Waals surface area contributed by atoms with Crippen LogP contribution in [-0.4, -0.2) is 48.3 Å². The zero-order chi connectivity index (χ0) is 17.4. The molecule has 2 aromatic rings. The number of nitrogens with zero attached hydrogens (tertiary/aromatic N) is 2. The van der Waals surface area contributed by atoms with Gasteiger partial charge in [-0.2, -0.15) is 0 Å². The van der Waals surface area contributed by atoms with Gasteiger partial charge in [-0.3, -0.25) is 0 Å². The Bertz CT molecular complexity index is 859. The third kappa shape index (κ3) is 2.82. The molecule has 0 spiro atoms. The molecule has 1 aliphatic heterocycles. The molecule has 0 atom stereocenters. The molecule has 5 nitrogen and oxygen atoms in total. The summed E-state index contributed by atoms with van der Waals surface area (Å²) in [6.45, 7) is 1.99. The van der Waals surface area contributed by atoms with Gasteiger partial charge in [0.2, 0.25) is 0 Å². The molecule has 0 aliphatic carbocycles. The number of phenolic OH excluding ortho intramolecular Hbond substituents is 2. The van der Waals surface area contributed by atoms with Gasteiger partial charge in [0.25, 0.3) is 0 Å². The zero-order valence-corrected chi connectivity index (χ0v) is 14.9. The molecule has 1 fully saturated rings. The number of benzene rings is 2. The van der Waals surface area contributed by atoms with E-state index in [4.69, 9.17) is 0 Å². The first-order valence-electron chi connectivity index (χ1n) is 7.31. The van der Waals surface area contributed by atoms with E-state index in [0.717, 1.165) is 11.3 Å². The van der Waals surface area contributed by atoms with Gasteiger partial charge in [-0.1, -0.05) is 0 Å². The first kappa shape index (κ1) is 16.3. The van der Waals surface area contributed by atoms with Crippen LogP contribution in [0.5, 0.6) is 11.5 Å². The Balaban J connectivity index is 2.01. The number of likely N-dealkylation sites (N-methyl/N-ethyl adjacent to an activating group) is 1. The van der Waals surface area contributed by atoms with E-state index >= 15 is 0 Å². The fourth-order valence-electron chi connectivity index (χ4n) is 2.48. The van der Waals surface area contributed by atoms with Crippen molar-refractivity contribution >= 4 is 37.9 Å². The van der Waals surface area contributed by atoms with Gasteiger partial charge in [-0.25, -0.2) is 0 Å². The van der Waals surface area contributed by atoms with Crippen molar-refractivity contribution in [2.75, 3.05) is 11.9 Å². The molecule has 122 valence electrons. The van der Waals surface area contributed by atoms with E-state index in [-0.39, 0.29) is 17.4 Å². The van der Waals surface area contributed by atoms with E-state index in [1.165, 1.54) is 12.1 Å². The average molecular weight is 387 g/mol. The molecule has 0 unspecified atom stereocenters. The number of anilines is 1. The fraction of sp³-hybridized carbons (Fsp3) is 0.111. The van der Waals surface area contributed by atoms with Gasteiger partial charge in [0.05, 0.1) is 0 Å². The van der Waals surface area contributed by atoms with Crippen molar-refractivity contribution in [3.05, 3.63) is 59.3 Å². The third-order valence-corrected chi connectivity index (χ3v) is 4.82. The summed E-state index contributed by atoms with van der Waals surface area (Å²) in [6.07, 6.45) is 1.60. The Morgan fingerprint density at radius 2 is 1.75 bits per heavy atom. The Kier molecular flexibility index (Phi) is 4.18. The number of carbonyl (C=O) groups is 1. The number of hydrogen-bond donors (Lipinski definition) is 2. The van der Waals surface area contributed by atoms with Crippen LogP contribution in [0, 0.1) is 6.92 Å². The third-order valence-electron chi connectivity index (χ3n) is 3.86. The van der Waals surface area contributed by atoms with Gasteiger partial charge in [-0.15, -0.1) is 0 Å². The van der Waals surface area contributed by atoms with Gasteiger partial charge in [-0.05, 0) is 0 Å². The number of phenols is 2. The predicted molar refractivity (Wildman–Crippen MR) is 94.9 cm³/mol. The molecule has 1 aliphatic rings. The Hall–Kier alpha value is -2.56. The SMILES string of the molecule is Cc1ccc(N2C(=O)C(=Cc3ccc(O)cc3O)N(C)C2=[Se])cc1. The minimum absolute atomic E-state index is 0.0295. The second-order valence-corrected chi connectivity index (χ2v) is 6.36. The van der Waals surface area contributed by atoms with Gasteiger partial charge in [0.15, 0.2) is 0 Å². The van der Waals surface area contributed by atoms with Crippen molar-refractivity contribution in [3.8, 4) is 11.5 Å². The summed E-state index contributed by atoms with van der Waals surface area (Å²) in [4.78, 5) is 16.2. The topological polar surface area (TPSA) is 64.0 Å². The van der Waals surface area contributed by atoms with Crippen LogP contribution in [0.3, 0.4) is 0 Å². The standard InChI is InChI=1S/C18H16N2O3Se/c1-11-3-6-13(7-4-11)20-17(23)15(19(2)18(20)24)9-12-5-8-14(21)10-16(12)22/h3-10,21-22H,1-2H3. The van der Waals surface area contributed by atoms with Crippen molar-refractivity contribution in [2.24, 2.45) is 0 Å². The molecule has 2 aromatic carbocycles. The maximum absolute atomic E-state index is 12.8. The first-order valence-corrected chi connectivity index (χ1v) is 8.16. The van der Waals surface area contributed by atoms with E-state index in [1.807, 2.05) is 31.2 Å². The summed E-state index contributed by atoms with van der Waals surface area (Å²) in [5.41, 5.74) is 2.77. The summed E-state index contributed by atoms with van der Waals surface area (Å²) in [7, 11) is 1.78. The molecule has 24 heavy (non-hydrogen) atoms. The molecule has 3 rings (SSSR count). The predicted octanol–water partition coefficient (Wildman–Crippen LogP) is 1.98. The zero-order valence-electron chi connectivity index (χ0n) is 13.2. The normalized spacial score (nSPS) is 16.3. The number of amides is 1. The van der Waals surface area contributed by atoms with Crippen molar-refractivity contribution in [1.82, 2.24) is 4.90 Å². The summed E-state index contributed by atoms with van der Waals surface area (Å²) in [5.74, 6) is -0.306. The van der Waals surface area contributed by atoms with Gasteiger partial charge in [0.1, 0.15) is 0 Å². The maximum atomic E-state index is 12.8. The molecular weight excluding hydrogens is 371 g/mol. The number of aryl methyl sites for hydroxylation is 1. The monoisotopic (exact) mass is 388 g/mol. The van der Waals surface area contributed by atoms with E-state index in [1.54, 1.807) is 29.0 Å². The van der Waals surface area contributed by atoms with Crippen LogP contribution < -0.4 is 4.90 Å². The van der Waals surface area contributed by atoms with Gasteiger partial charge in [0, 0.05) is 0 Å². The number of hydrogen-bond acceptors (Lipinski definition) is 4. The molecule has 1 amide bonds. The summed E-state index contributed by atoms with van der Waals surface area (Å²) in [6, 6.07) is 11.9. The molecule has 0 saturated carbocycles. The molecule has 0 aromatic heterocycles. The van der Waals surface area contributed by atoms with E-state index in [9.17, 15) is 15.0 Å².